The summed E-state index contributed by atoms with van der Waals surface area (Å²) in [6.07, 6.45) is 0. The Bertz CT molecular complexity index is 603. The minimum Gasteiger partial charge on any atom is -0.462 e. The van der Waals surface area contributed by atoms with Gasteiger partial charge in [0.15, 0.2) is 0 Å². The summed E-state index contributed by atoms with van der Waals surface area (Å²) < 4.78 is 7.32. The molecule has 0 saturated carbocycles. The number of hydrogen-bond donors (Lipinski definition) is 0. The van der Waals surface area contributed by atoms with Crippen LogP contribution in [0.25, 0.3) is 5.00 Å². The Morgan fingerprint density at radius 1 is 1.21 bits per heavy atom. The number of carbonyl (C=O) groups is 1. The van der Waals surface area contributed by atoms with Gasteiger partial charge in [0, 0.05) is 16.3 Å². The molecule has 2 heterocycles. The lowest BCUT2D eigenvalue weighted by Crippen LogP contribution is -2.10. The summed E-state index contributed by atoms with van der Waals surface area (Å²) in [6.45, 7) is 10.4. The van der Waals surface area contributed by atoms with Crippen LogP contribution in [-0.2, 0) is 4.74 Å². The predicted octanol–water partition coefficient (Wildman–Crippen LogP) is 3.95. The van der Waals surface area contributed by atoms with Crippen LogP contribution in [0.15, 0.2) is 12.1 Å². The molecule has 19 heavy (non-hydrogen) atoms. The first kappa shape index (κ1) is 13.9. The van der Waals surface area contributed by atoms with Crippen molar-refractivity contribution in [2.45, 2.75) is 34.6 Å². The highest BCUT2D eigenvalue weighted by molar-refractivity contribution is 7.15. The van der Waals surface area contributed by atoms with Crippen LogP contribution in [0.4, 0.5) is 0 Å². The molecule has 0 bridgehead atoms. The molecule has 0 aliphatic heterocycles. The summed E-state index contributed by atoms with van der Waals surface area (Å²) in [5.74, 6) is -0.230. The Balaban J connectivity index is 2.65. The van der Waals surface area contributed by atoms with E-state index in [1.165, 1.54) is 0 Å². The number of thiophene rings is 1. The maximum absolute atomic E-state index is 12.2. The lowest BCUT2D eigenvalue weighted by molar-refractivity contribution is 0.0526. The van der Waals surface area contributed by atoms with Crippen molar-refractivity contribution in [2.24, 2.45) is 0 Å². The van der Waals surface area contributed by atoms with E-state index < -0.39 is 0 Å². The van der Waals surface area contributed by atoms with Crippen LogP contribution in [0.2, 0.25) is 0 Å². The van der Waals surface area contributed by atoms with E-state index >= 15 is 0 Å². The number of rotatable bonds is 3. The highest BCUT2D eigenvalue weighted by Crippen LogP contribution is 2.33. The number of hydrogen-bond acceptors (Lipinski definition) is 3. The molecule has 0 amide bonds. The van der Waals surface area contributed by atoms with Gasteiger partial charge in [0.25, 0.3) is 0 Å². The van der Waals surface area contributed by atoms with Gasteiger partial charge in [-0.3, -0.25) is 0 Å². The van der Waals surface area contributed by atoms with Crippen LogP contribution in [-0.4, -0.2) is 17.1 Å². The largest absolute Gasteiger partial charge is 0.462 e. The maximum atomic E-state index is 12.2. The molecule has 0 unspecified atom stereocenters. The highest BCUT2D eigenvalue weighted by atomic mass is 32.1. The van der Waals surface area contributed by atoms with Gasteiger partial charge in [-0.1, -0.05) is 0 Å². The van der Waals surface area contributed by atoms with Gasteiger partial charge in [-0.25, -0.2) is 4.79 Å². The Hall–Kier alpha value is -1.55. The minimum atomic E-state index is -0.230. The quantitative estimate of drug-likeness (QED) is 0.795. The van der Waals surface area contributed by atoms with E-state index in [0.717, 1.165) is 26.8 Å². The van der Waals surface area contributed by atoms with E-state index in [0.29, 0.717) is 12.2 Å². The van der Waals surface area contributed by atoms with E-state index in [4.69, 9.17) is 4.74 Å². The maximum Gasteiger partial charge on any atom is 0.341 e. The SMILES string of the molecule is CCOC(=O)c1c(-n2c(C)ccc2C)sc(C)c1C. The first-order chi connectivity index (χ1) is 8.97. The number of esters is 1. The molecule has 0 fully saturated rings. The summed E-state index contributed by atoms with van der Waals surface area (Å²) in [5, 5.41) is 0.966. The standard InChI is InChI=1S/C15H19NO2S/c1-6-18-15(17)13-11(4)12(5)19-14(13)16-9(2)7-8-10(16)3/h7-8H,6H2,1-5H3. The van der Waals surface area contributed by atoms with Crippen molar-refractivity contribution in [3.05, 3.63) is 39.5 Å². The van der Waals surface area contributed by atoms with Gasteiger partial charge >= 0.3 is 5.97 Å². The molecule has 0 atom stereocenters. The number of aryl methyl sites for hydroxylation is 3. The van der Waals surface area contributed by atoms with Gasteiger partial charge < -0.3 is 9.30 Å². The third-order valence-corrected chi connectivity index (χ3v) is 4.51. The molecule has 0 saturated heterocycles. The molecule has 4 heteroatoms. The average molecular weight is 277 g/mol. The molecular formula is C15H19NO2S. The molecule has 0 aliphatic rings. The molecule has 2 aromatic rings. The van der Waals surface area contributed by atoms with Crippen molar-refractivity contribution < 1.29 is 9.53 Å². The van der Waals surface area contributed by atoms with Crippen molar-refractivity contribution in [3.8, 4) is 5.00 Å². The Kier molecular flexibility index (Phi) is 3.80. The first-order valence-corrected chi connectivity index (χ1v) is 7.21. The van der Waals surface area contributed by atoms with Gasteiger partial charge in [-0.15, -0.1) is 11.3 Å². The Morgan fingerprint density at radius 3 is 2.32 bits per heavy atom. The molecule has 0 spiro atoms. The van der Waals surface area contributed by atoms with Crippen molar-refractivity contribution in [3.63, 3.8) is 0 Å². The second kappa shape index (κ2) is 5.21. The molecule has 2 aromatic heterocycles. The monoisotopic (exact) mass is 277 g/mol. The van der Waals surface area contributed by atoms with Crippen LogP contribution < -0.4 is 0 Å². The lowest BCUT2D eigenvalue weighted by Gasteiger charge is -2.10. The fourth-order valence-corrected chi connectivity index (χ4v) is 3.46. The van der Waals surface area contributed by atoms with Crippen molar-refractivity contribution in [1.29, 1.82) is 0 Å². The van der Waals surface area contributed by atoms with Gasteiger partial charge in [0.1, 0.15) is 5.00 Å². The second-order valence-electron chi connectivity index (χ2n) is 4.64. The number of carbonyl (C=O) groups excluding carboxylic acids is 1. The zero-order valence-corrected chi connectivity index (χ0v) is 12.9. The van der Waals surface area contributed by atoms with Crippen LogP contribution in [0, 0.1) is 27.7 Å². The molecule has 3 nitrogen and oxygen atoms in total. The topological polar surface area (TPSA) is 31.2 Å². The summed E-state index contributed by atoms with van der Waals surface area (Å²) in [5.41, 5.74) is 3.98. The molecule has 0 N–H and O–H groups in total. The molecular weight excluding hydrogens is 258 g/mol. The van der Waals surface area contributed by atoms with E-state index in [9.17, 15) is 4.79 Å². The Morgan fingerprint density at radius 2 is 1.79 bits per heavy atom. The average Bonchev–Trinajstić information content (AvgIpc) is 2.81. The lowest BCUT2D eigenvalue weighted by atomic mass is 10.1. The van der Waals surface area contributed by atoms with E-state index in [-0.39, 0.29) is 5.97 Å². The zero-order valence-electron chi connectivity index (χ0n) is 12.0. The van der Waals surface area contributed by atoms with E-state index in [1.807, 2.05) is 34.6 Å². The summed E-state index contributed by atoms with van der Waals surface area (Å²) in [4.78, 5) is 13.3. The third kappa shape index (κ3) is 2.32. The molecule has 2 rings (SSSR count). The predicted molar refractivity (Wildman–Crippen MR) is 78.6 cm³/mol. The summed E-state index contributed by atoms with van der Waals surface area (Å²) >= 11 is 1.64. The van der Waals surface area contributed by atoms with Gasteiger partial charge in [0.05, 0.1) is 12.2 Å². The zero-order chi connectivity index (χ0) is 14.2. The number of nitrogens with zero attached hydrogens (tertiary/aromatic N) is 1. The molecule has 0 aromatic carbocycles. The smallest absolute Gasteiger partial charge is 0.341 e. The molecule has 0 aliphatic carbocycles. The van der Waals surface area contributed by atoms with E-state index in [1.54, 1.807) is 11.3 Å². The van der Waals surface area contributed by atoms with E-state index in [2.05, 4.69) is 16.7 Å². The fraction of sp³-hybridized carbons (Fsp3) is 0.400. The normalized spacial score (nSPS) is 10.8. The van der Waals surface area contributed by atoms with Gasteiger partial charge in [-0.05, 0) is 52.3 Å². The van der Waals surface area contributed by atoms with Crippen LogP contribution in [0.1, 0.15) is 39.1 Å². The fourth-order valence-electron chi connectivity index (χ4n) is 2.20. The Labute approximate surface area is 117 Å². The van der Waals surface area contributed by atoms with Gasteiger partial charge in [0.2, 0.25) is 0 Å². The van der Waals surface area contributed by atoms with Crippen molar-refractivity contribution >= 4 is 17.3 Å². The van der Waals surface area contributed by atoms with Crippen LogP contribution in [0.3, 0.4) is 0 Å². The van der Waals surface area contributed by atoms with Crippen molar-refractivity contribution in [2.75, 3.05) is 6.61 Å². The number of aromatic nitrogens is 1. The summed E-state index contributed by atoms with van der Waals surface area (Å²) in [7, 11) is 0. The number of ether oxygens (including phenoxy) is 1. The minimum absolute atomic E-state index is 0.230. The van der Waals surface area contributed by atoms with Crippen LogP contribution >= 0.6 is 11.3 Å². The van der Waals surface area contributed by atoms with Gasteiger partial charge in [-0.2, -0.15) is 0 Å². The highest BCUT2D eigenvalue weighted by Gasteiger charge is 2.23. The summed E-state index contributed by atoms with van der Waals surface area (Å²) in [6, 6.07) is 4.13. The van der Waals surface area contributed by atoms with Crippen molar-refractivity contribution in [1.82, 2.24) is 4.57 Å². The second-order valence-corrected chi connectivity index (χ2v) is 5.84. The molecule has 0 radical (unpaired) electrons. The van der Waals surface area contributed by atoms with Crippen LogP contribution in [0.5, 0.6) is 0 Å². The third-order valence-electron chi connectivity index (χ3n) is 3.32. The molecule has 102 valence electrons. The first-order valence-electron chi connectivity index (χ1n) is 6.39.